The van der Waals surface area contributed by atoms with Gasteiger partial charge in [0, 0.05) is 19.2 Å². The summed E-state index contributed by atoms with van der Waals surface area (Å²) in [4.78, 5) is 10.7. The van der Waals surface area contributed by atoms with Crippen LogP contribution in [0, 0.1) is 5.92 Å². The van der Waals surface area contributed by atoms with Crippen molar-refractivity contribution in [2.75, 3.05) is 6.26 Å². The minimum Gasteiger partial charge on any atom is -0.481 e. The van der Waals surface area contributed by atoms with Gasteiger partial charge in [-0.2, -0.15) is 0 Å². The third-order valence-corrected chi connectivity index (χ3v) is 3.25. The summed E-state index contributed by atoms with van der Waals surface area (Å²) in [6.45, 7) is 2.18. The van der Waals surface area contributed by atoms with E-state index in [1.807, 2.05) is 6.92 Å². The molecule has 1 rings (SSSR count). The molecule has 1 aromatic heterocycles. The molecule has 0 amide bonds. The Morgan fingerprint density at radius 1 is 1.50 bits per heavy atom. The lowest BCUT2D eigenvalue weighted by Gasteiger charge is -2.12. The lowest BCUT2D eigenvalue weighted by molar-refractivity contribution is -0.138. The summed E-state index contributed by atoms with van der Waals surface area (Å²) >= 11 is 0. The van der Waals surface area contributed by atoms with Crippen molar-refractivity contribution in [2.24, 2.45) is 5.92 Å². The van der Waals surface area contributed by atoms with Crippen molar-refractivity contribution in [2.45, 2.75) is 32.1 Å². The minimum atomic E-state index is -3.21. The zero-order valence-corrected chi connectivity index (χ0v) is 11.1. The maximum absolute atomic E-state index is 11.2. The average molecular weight is 276 g/mol. The van der Waals surface area contributed by atoms with E-state index in [4.69, 9.17) is 5.11 Å². The smallest absolute Gasteiger partial charge is 0.303 e. The molecular formula is C9H16N4O4S. The highest BCUT2D eigenvalue weighted by Crippen LogP contribution is 2.12. The summed E-state index contributed by atoms with van der Waals surface area (Å²) in [6.07, 6.45) is 1.76. The van der Waals surface area contributed by atoms with Gasteiger partial charge in [0.25, 0.3) is 0 Å². The number of aromatic nitrogens is 4. The average Bonchev–Trinajstić information content (AvgIpc) is 2.61. The fourth-order valence-electron chi connectivity index (χ4n) is 1.53. The van der Waals surface area contributed by atoms with E-state index >= 15 is 0 Å². The molecule has 0 aliphatic heterocycles. The van der Waals surface area contributed by atoms with Crippen LogP contribution in [0.25, 0.3) is 0 Å². The van der Waals surface area contributed by atoms with E-state index in [0.29, 0.717) is 13.0 Å². The molecule has 0 aliphatic carbocycles. The lowest BCUT2D eigenvalue weighted by atomic mass is 10.0. The van der Waals surface area contributed by atoms with Crippen LogP contribution in [0.2, 0.25) is 0 Å². The molecule has 102 valence electrons. The van der Waals surface area contributed by atoms with Crippen LogP contribution < -0.4 is 0 Å². The third kappa shape index (κ3) is 4.78. The number of carboxylic acid groups (broad SMARTS) is 1. The number of rotatable bonds is 7. The first kappa shape index (κ1) is 14.6. The first-order chi connectivity index (χ1) is 8.31. The second-order valence-corrected chi connectivity index (χ2v) is 6.36. The van der Waals surface area contributed by atoms with Crippen LogP contribution in [0.4, 0.5) is 0 Å². The molecule has 0 bridgehead atoms. The topological polar surface area (TPSA) is 115 Å². The number of nitrogens with zero attached hydrogens (tertiary/aromatic N) is 4. The van der Waals surface area contributed by atoms with Gasteiger partial charge in [-0.3, -0.25) is 4.79 Å². The summed E-state index contributed by atoms with van der Waals surface area (Å²) in [7, 11) is -3.21. The van der Waals surface area contributed by atoms with Gasteiger partial charge in [0.05, 0.1) is 0 Å². The fraction of sp³-hybridized carbons (Fsp3) is 0.778. The Morgan fingerprint density at radius 3 is 2.67 bits per heavy atom. The van der Waals surface area contributed by atoms with E-state index < -0.39 is 15.8 Å². The summed E-state index contributed by atoms with van der Waals surface area (Å²) < 4.78 is 23.7. The molecule has 0 aliphatic rings. The molecular weight excluding hydrogens is 260 g/mol. The van der Waals surface area contributed by atoms with Gasteiger partial charge in [-0.05, 0) is 16.3 Å². The van der Waals surface area contributed by atoms with Gasteiger partial charge in [-0.25, -0.2) is 13.1 Å². The molecule has 1 aromatic rings. The molecule has 18 heavy (non-hydrogen) atoms. The zero-order valence-electron chi connectivity index (χ0n) is 10.3. The highest BCUT2D eigenvalue weighted by molar-refractivity contribution is 7.89. The van der Waals surface area contributed by atoms with E-state index in [-0.39, 0.29) is 23.9 Å². The van der Waals surface area contributed by atoms with Crippen molar-refractivity contribution in [1.29, 1.82) is 0 Å². The Bertz CT molecular complexity index is 510. The second-order valence-electron chi connectivity index (χ2n) is 4.22. The second kappa shape index (κ2) is 5.89. The van der Waals surface area contributed by atoms with Gasteiger partial charge < -0.3 is 5.11 Å². The molecule has 9 heteroatoms. The van der Waals surface area contributed by atoms with Crippen molar-refractivity contribution in [3.05, 3.63) is 5.82 Å². The van der Waals surface area contributed by atoms with E-state index in [1.165, 1.54) is 4.68 Å². The predicted molar refractivity (Wildman–Crippen MR) is 62.4 cm³/mol. The molecule has 0 fully saturated rings. The summed E-state index contributed by atoms with van der Waals surface area (Å²) in [5, 5.41) is 19.5. The van der Waals surface area contributed by atoms with Crippen LogP contribution in [0.5, 0.6) is 0 Å². The van der Waals surface area contributed by atoms with E-state index in [0.717, 1.165) is 6.26 Å². The first-order valence-corrected chi connectivity index (χ1v) is 7.52. The number of hydrogen-bond acceptors (Lipinski definition) is 6. The Hall–Kier alpha value is -1.51. The SMILES string of the molecule is CCC(CC(=O)O)Cn1nnnc1CS(C)(=O)=O. The quantitative estimate of drug-likeness (QED) is 0.728. The highest BCUT2D eigenvalue weighted by atomic mass is 32.2. The van der Waals surface area contributed by atoms with Crippen molar-refractivity contribution in [1.82, 2.24) is 20.2 Å². The molecule has 0 saturated heterocycles. The number of tetrazole rings is 1. The van der Waals surface area contributed by atoms with Crippen molar-refractivity contribution < 1.29 is 18.3 Å². The summed E-state index contributed by atoms with van der Waals surface area (Å²) in [5.74, 6) is -1.02. The first-order valence-electron chi connectivity index (χ1n) is 5.46. The number of sulfone groups is 1. The van der Waals surface area contributed by atoms with E-state index in [2.05, 4.69) is 15.5 Å². The largest absolute Gasteiger partial charge is 0.481 e. The standard InChI is InChI=1S/C9H16N4O4S/c1-3-7(4-9(14)15)5-13-8(10-11-12-13)6-18(2,16)17/h7H,3-6H2,1-2H3,(H,14,15). The predicted octanol–water partition coefficient (Wildman–Crippen LogP) is -0.281. The lowest BCUT2D eigenvalue weighted by Crippen LogP contribution is -2.18. The zero-order chi connectivity index (χ0) is 13.8. The maximum Gasteiger partial charge on any atom is 0.303 e. The molecule has 1 N–H and O–H groups in total. The van der Waals surface area contributed by atoms with Gasteiger partial charge in [-0.1, -0.05) is 13.3 Å². The molecule has 1 atom stereocenters. The maximum atomic E-state index is 11.2. The molecule has 8 nitrogen and oxygen atoms in total. The number of hydrogen-bond donors (Lipinski definition) is 1. The van der Waals surface area contributed by atoms with Crippen LogP contribution in [0.1, 0.15) is 25.6 Å². The Kier molecular flexibility index (Phi) is 4.76. The van der Waals surface area contributed by atoms with Crippen LogP contribution in [-0.2, 0) is 26.9 Å². The fourth-order valence-corrected chi connectivity index (χ4v) is 2.21. The summed E-state index contributed by atoms with van der Waals surface area (Å²) in [6, 6.07) is 0. The van der Waals surface area contributed by atoms with Crippen molar-refractivity contribution in [3.63, 3.8) is 0 Å². The van der Waals surface area contributed by atoms with Crippen LogP contribution in [-0.4, -0.2) is 46.0 Å². The van der Waals surface area contributed by atoms with Gasteiger partial charge in [0.15, 0.2) is 15.7 Å². The molecule has 0 saturated carbocycles. The normalized spacial score (nSPS) is 13.4. The van der Waals surface area contributed by atoms with Crippen LogP contribution in [0.15, 0.2) is 0 Å². The Labute approximate surface area is 105 Å². The monoisotopic (exact) mass is 276 g/mol. The molecule has 0 aromatic carbocycles. The highest BCUT2D eigenvalue weighted by Gasteiger charge is 2.17. The van der Waals surface area contributed by atoms with Crippen LogP contribution in [0.3, 0.4) is 0 Å². The molecule has 0 radical (unpaired) electrons. The molecule has 0 spiro atoms. The van der Waals surface area contributed by atoms with Gasteiger partial charge in [0.2, 0.25) is 0 Å². The Morgan fingerprint density at radius 2 is 2.17 bits per heavy atom. The Balaban J connectivity index is 2.78. The van der Waals surface area contributed by atoms with Gasteiger partial charge in [0.1, 0.15) is 5.75 Å². The van der Waals surface area contributed by atoms with Crippen molar-refractivity contribution in [3.8, 4) is 0 Å². The number of carboxylic acids is 1. The molecule has 1 unspecified atom stereocenters. The third-order valence-electron chi connectivity index (χ3n) is 2.47. The van der Waals surface area contributed by atoms with Gasteiger partial charge >= 0.3 is 5.97 Å². The van der Waals surface area contributed by atoms with E-state index in [1.54, 1.807) is 0 Å². The van der Waals surface area contributed by atoms with Crippen molar-refractivity contribution >= 4 is 15.8 Å². The number of aliphatic carboxylic acids is 1. The van der Waals surface area contributed by atoms with Crippen LogP contribution >= 0.6 is 0 Å². The molecule has 1 heterocycles. The van der Waals surface area contributed by atoms with Gasteiger partial charge in [-0.15, -0.1) is 5.10 Å². The minimum absolute atomic E-state index is 0.00861. The summed E-state index contributed by atoms with van der Waals surface area (Å²) in [5.41, 5.74) is 0. The number of carbonyl (C=O) groups is 1. The van der Waals surface area contributed by atoms with E-state index in [9.17, 15) is 13.2 Å².